The fourth-order valence-electron chi connectivity index (χ4n) is 8.60. The van der Waals surface area contributed by atoms with Crippen LogP contribution in [0.25, 0.3) is 69.9 Å². The molecule has 2 heterocycles. The Kier molecular flexibility index (Phi) is 5.16. The largest absolute Gasteiger partial charge is 0.309 e. The van der Waals surface area contributed by atoms with Crippen LogP contribution in [0.2, 0.25) is 0 Å². The smallest absolute Gasteiger partial charge is 0.0541 e. The Morgan fingerprint density at radius 2 is 1.18 bits per heavy atom. The van der Waals surface area contributed by atoms with E-state index in [1.54, 1.807) is 11.1 Å². The van der Waals surface area contributed by atoms with Gasteiger partial charge in [0.25, 0.3) is 0 Å². The zero-order valence-corrected chi connectivity index (χ0v) is 25.3. The topological polar surface area (TPSA) is 4.93 Å². The SMILES string of the molecule is c1ccc(-n2c3ccccc3c3cc(-c4ccc5sc6cc7c(cc6c5c4)C4(CCCCC4)c4ccccc4-7)ccc32)cc1. The lowest BCUT2D eigenvalue weighted by atomic mass is 9.68. The van der Waals surface area contributed by atoms with Gasteiger partial charge < -0.3 is 4.57 Å². The molecule has 0 N–H and O–H groups in total. The molecule has 10 rings (SSSR count). The van der Waals surface area contributed by atoms with Gasteiger partial charge in [-0.1, -0.05) is 92.1 Å². The fraction of sp³-hybridized carbons (Fsp3) is 0.143. The van der Waals surface area contributed by atoms with Crippen LogP contribution in [-0.2, 0) is 5.41 Å². The number of hydrogen-bond acceptors (Lipinski definition) is 1. The van der Waals surface area contributed by atoms with Crippen molar-refractivity contribution in [2.45, 2.75) is 37.5 Å². The first-order valence-electron chi connectivity index (χ1n) is 16.0. The van der Waals surface area contributed by atoms with E-state index in [0.29, 0.717) is 0 Å². The van der Waals surface area contributed by atoms with Crippen LogP contribution < -0.4 is 0 Å². The van der Waals surface area contributed by atoms with Crippen LogP contribution in [0.5, 0.6) is 0 Å². The zero-order chi connectivity index (χ0) is 28.8. The quantitative estimate of drug-likeness (QED) is 0.191. The van der Waals surface area contributed by atoms with Crippen LogP contribution in [-0.4, -0.2) is 4.57 Å². The van der Waals surface area contributed by atoms with Crippen molar-refractivity contribution in [1.29, 1.82) is 0 Å². The molecule has 1 spiro atoms. The first-order valence-corrected chi connectivity index (χ1v) is 16.8. The minimum absolute atomic E-state index is 0.183. The van der Waals surface area contributed by atoms with Gasteiger partial charge in [0.1, 0.15) is 0 Å². The number of thiophene rings is 1. The van der Waals surface area contributed by atoms with E-state index in [0.717, 1.165) is 0 Å². The maximum Gasteiger partial charge on any atom is 0.0541 e. The Morgan fingerprint density at radius 3 is 2.07 bits per heavy atom. The first kappa shape index (κ1) is 24.7. The average molecular weight is 582 g/mol. The number of nitrogens with zero attached hydrogens (tertiary/aromatic N) is 1. The molecule has 0 amide bonds. The van der Waals surface area contributed by atoms with Crippen molar-refractivity contribution in [2.24, 2.45) is 0 Å². The van der Waals surface area contributed by atoms with Gasteiger partial charge in [-0.2, -0.15) is 0 Å². The molecule has 6 aromatic carbocycles. The van der Waals surface area contributed by atoms with E-state index in [4.69, 9.17) is 0 Å². The highest BCUT2D eigenvalue weighted by Gasteiger charge is 2.43. The highest BCUT2D eigenvalue weighted by molar-refractivity contribution is 7.25. The molecule has 8 aromatic rings. The molecule has 0 atom stereocenters. The Balaban J connectivity index is 1.16. The third-order valence-corrected chi connectivity index (χ3v) is 11.7. The van der Waals surface area contributed by atoms with Crippen LogP contribution in [0.3, 0.4) is 0 Å². The third kappa shape index (κ3) is 3.35. The maximum atomic E-state index is 2.59. The van der Waals surface area contributed by atoms with Crippen molar-refractivity contribution in [1.82, 2.24) is 4.57 Å². The Labute approximate surface area is 261 Å². The summed E-state index contributed by atoms with van der Waals surface area (Å²) in [5.74, 6) is 0. The second-order valence-corrected chi connectivity index (χ2v) is 13.9. The van der Waals surface area contributed by atoms with Crippen molar-refractivity contribution in [3.63, 3.8) is 0 Å². The molecule has 0 unspecified atom stereocenters. The van der Waals surface area contributed by atoms with Crippen LogP contribution in [0.1, 0.15) is 43.2 Å². The Morgan fingerprint density at radius 1 is 0.477 bits per heavy atom. The molecule has 2 heteroatoms. The molecule has 44 heavy (non-hydrogen) atoms. The van der Waals surface area contributed by atoms with Crippen molar-refractivity contribution in [2.75, 3.05) is 0 Å². The van der Waals surface area contributed by atoms with Crippen LogP contribution >= 0.6 is 11.3 Å². The van der Waals surface area contributed by atoms with E-state index in [1.165, 1.54) is 102 Å². The van der Waals surface area contributed by atoms with Gasteiger partial charge in [0.2, 0.25) is 0 Å². The molecule has 0 aliphatic heterocycles. The van der Waals surface area contributed by atoms with E-state index in [9.17, 15) is 0 Å². The summed E-state index contributed by atoms with van der Waals surface area (Å²) in [6.45, 7) is 0. The fourth-order valence-corrected chi connectivity index (χ4v) is 9.71. The van der Waals surface area contributed by atoms with E-state index in [2.05, 4.69) is 132 Å². The molecule has 0 radical (unpaired) electrons. The normalized spacial score (nSPS) is 15.5. The number of aromatic nitrogens is 1. The van der Waals surface area contributed by atoms with E-state index in [1.807, 2.05) is 11.3 Å². The molecule has 2 aliphatic rings. The molecule has 2 aliphatic carbocycles. The maximum absolute atomic E-state index is 2.59. The lowest BCUT2D eigenvalue weighted by Gasteiger charge is -2.36. The van der Waals surface area contributed by atoms with Crippen molar-refractivity contribution in [3.8, 4) is 27.9 Å². The highest BCUT2D eigenvalue weighted by atomic mass is 32.1. The summed E-state index contributed by atoms with van der Waals surface area (Å²) in [6, 6.07) is 48.0. The standard InChI is InChI=1S/C42H31NS/c1-3-11-29(12-4-1)43-38-16-8-6-14-31(38)33-23-27(17-19-39(33)43)28-18-20-40-34(24-28)35-25-37-32(26-41(35)44-40)30-13-5-7-15-36(30)42(37)21-9-2-10-22-42/h1,3-8,11-20,23-26H,2,9-10,21-22H2. The van der Waals surface area contributed by atoms with Gasteiger partial charge >= 0.3 is 0 Å². The number of benzene rings is 6. The Bertz CT molecular complexity index is 2420. The number of fused-ring (bicyclic) bond motifs is 11. The number of hydrogen-bond donors (Lipinski definition) is 0. The van der Waals surface area contributed by atoms with Crippen molar-refractivity contribution >= 4 is 53.3 Å². The highest BCUT2D eigenvalue weighted by Crippen LogP contribution is 2.57. The zero-order valence-electron chi connectivity index (χ0n) is 24.5. The molecule has 1 nitrogen and oxygen atoms in total. The number of para-hydroxylation sites is 2. The van der Waals surface area contributed by atoms with Gasteiger partial charge in [-0.05, 0) is 101 Å². The second-order valence-electron chi connectivity index (χ2n) is 12.8. The van der Waals surface area contributed by atoms with Gasteiger partial charge in [0.15, 0.2) is 0 Å². The van der Waals surface area contributed by atoms with Gasteiger partial charge in [0, 0.05) is 42.0 Å². The molecular formula is C42H31NS. The predicted molar refractivity (Wildman–Crippen MR) is 188 cm³/mol. The molecule has 1 fully saturated rings. The van der Waals surface area contributed by atoms with Crippen LogP contribution in [0.4, 0.5) is 0 Å². The second kappa shape index (κ2) is 9.17. The van der Waals surface area contributed by atoms with Crippen LogP contribution in [0, 0.1) is 0 Å². The minimum atomic E-state index is 0.183. The van der Waals surface area contributed by atoms with Gasteiger partial charge in [0.05, 0.1) is 11.0 Å². The van der Waals surface area contributed by atoms with Crippen LogP contribution in [0.15, 0.2) is 127 Å². The summed E-state index contributed by atoms with van der Waals surface area (Å²) < 4.78 is 5.17. The Hall–Kier alpha value is -4.66. The summed E-state index contributed by atoms with van der Waals surface area (Å²) in [5, 5.41) is 5.40. The summed E-state index contributed by atoms with van der Waals surface area (Å²) in [6.07, 6.45) is 6.55. The lowest BCUT2D eigenvalue weighted by molar-refractivity contribution is 0.353. The van der Waals surface area contributed by atoms with Gasteiger partial charge in [-0.3, -0.25) is 0 Å². The van der Waals surface area contributed by atoms with E-state index >= 15 is 0 Å². The summed E-state index contributed by atoms with van der Waals surface area (Å²) in [4.78, 5) is 0. The van der Waals surface area contributed by atoms with Crippen molar-refractivity contribution < 1.29 is 0 Å². The molecule has 1 saturated carbocycles. The number of rotatable bonds is 2. The van der Waals surface area contributed by atoms with Gasteiger partial charge in [-0.25, -0.2) is 0 Å². The minimum Gasteiger partial charge on any atom is -0.309 e. The third-order valence-electron chi connectivity index (χ3n) is 10.6. The average Bonchev–Trinajstić information content (AvgIpc) is 3.70. The lowest BCUT2D eigenvalue weighted by Crippen LogP contribution is -2.27. The molecule has 2 aromatic heterocycles. The molecule has 0 saturated heterocycles. The summed E-state index contributed by atoms with van der Waals surface area (Å²) in [7, 11) is 0. The molecular weight excluding hydrogens is 551 g/mol. The molecule has 210 valence electrons. The van der Waals surface area contributed by atoms with Crippen molar-refractivity contribution in [3.05, 3.63) is 139 Å². The first-order chi connectivity index (χ1) is 21.8. The predicted octanol–water partition coefficient (Wildman–Crippen LogP) is 12.0. The summed E-state index contributed by atoms with van der Waals surface area (Å²) in [5.41, 5.74) is 12.5. The van der Waals surface area contributed by atoms with E-state index in [-0.39, 0.29) is 5.41 Å². The molecule has 0 bridgehead atoms. The summed E-state index contributed by atoms with van der Waals surface area (Å²) >= 11 is 1.94. The monoisotopic (exact) mass is 581 g/mol. The van der Waals surface area contributed by atoms with E-state index < -0.39 is 0 Å². The van der Waals surface area contributed by atoms with Gasteiger partial charge in [-0.15, -0.1) is 11.3 Å².